The second-order valence-electron chi connectivity index (χ2n) is 12.0. The first-order valence-corrected chi connectivity index (χ1v) is 12.8. The molecule has 37 heavy (non-hydrogen) atoms. The Hall–Kier alpha value is -3.60. The van der Waals surface area contributed by atoms with Crippen molar-refractivity contribution in [2.45, 2.75) is 74.0 Å². The Morgan fingerprint density at radius 1 is 0.892 bits per heavy atom. The standard InChI is InChI=1S/C32H38N2O3/c1-21-17-26-27(18-22(21)2)34(29(33-26)19-31(3,4)5)20-23-13-15-24(16-14-23)25-11-9-10-12-28(25)36-30(35)37-32(6,7)8/h9-18H,19-20H2,1-8H3. The number of hydrogen-bond donors (Lipinski definition) is 0. The van der Waals surface area contributed by atoms with Gasteiger partial charge in [0.15, 0.2) is 0 Å². The Bertz CT molecular complexity index is 1420. The summed E-state index contributed by atoms with van der Waals surface area (Å²) in [6.45, 7) is 17.2. The number of para-hydroxylation sites is 1. The smallest absolute Gasteiger partial charge is 0.428 e. The van der Waals surface area contributed by atoms with Gasteiger partial charge in [0.05, 0.1) is 11.0 Å². The van der Waals surface area contributed by atoms with Crippen LogP contribution in [0.2, 0.25) is 0 Å². The highest BCUT2D eigenvalue weighted by Gasteiger charge is 2.21. The Balaban J connectivity index is 1.63. The molecule has 0 amide bonds. The summed E-state index contributed by atoms with van der Waals surface area (Å²) in [5.41, 5.74) is 7.26. The molecule has 3 aromatic carbocycles. The predicted octanol–water partition coefficient (Wildman–Crippen LogP) is 8.27. The van der Waals surface area contributed by atoms with Crippen molar-refractivity contribution in [2.75, 3.05) is 0 Å². The summed E-state index contributed by atoms with van der Waals surface area (Å²) in [6, 6.07) is 20.4. The zero-order chi connectivity index (χ0) is 27.0. The third-order valence-corrected chi connectivity index (χ3v) is 6.21. The molecule has 0 aliphatic rings. The van der Waals surface area contributed by atoms with Crippen molar-refractivity contribution in [1.82, 2.24) is 9.55 Å². The molecule has 0 aliphatic carbocycles. The second-order valence-corrected chi connectivity index (χ2v) is 12.0. The Kier molecular flexibility index (Phi) is 7.18. The predicted molar refractivity (Wildman–Crippen MR) is 150 cm³/mol. The molecule has 4 aromatic rings. The second kappa shape index (κ2) is 10.0. The molecular formula is C32H38N2O3. The number of benzene rings is 3. The summed E-state index contributed by atoms with van der Waals surface area (Å²) in [5.74, 6) is 1.58. The minimum Gasteiger partial charge on any atom is -0.428 e. The molecule has 0 unspecified atom stereocenters. The number of rotatable bonds is 5. The summed E-state index contributed by atoms with van der Waals surface area (Å²) < 4.78 is 13.2. The lowest BCUT2D eigenvalue weighted by molar-refractivity contribution is 0.0207. The van der Waals surface area contributed by atoms with E-state index in [1.165, 1.54) is 22.2 Å². The molecule has 0 aliphatic heterocycles. The first-order chi connectivity index (χ1) is 17.3. The maximum atomic E-state index is 12.3. The summed E-state index contributed by atoms with van der Waals surface area (Å²) in [4.78, 5) is 17.3. The SMILES string of the molecule is Cc1cc2nc(CC(C)(C)C)n(Cc3ccc(-c4ccccc4OC(=O)OC(C)(C)C)cc3)c2cc1C. The van der Waals surface area contributed by atoms with Crippen LogP contribution in [0.1, 0.15) is 64.1 Å². The van der Waals surface area contributed by atoms with Gasteiger partial charge in [0.1, 0.15) is 17.2 Å². The monoisotopic (exact) mass is 498 g/mol. The van der Waals surface area contributed by atoms with Gasteiger partial charge in [-0.2, -0.15) is 0 Å². The number of aromatic nitrogens is 2. The topological polar surface area (TPSA) is 53.4 Å². The van der Waals surface area contributed by atoms with E-state index in [0.29, 0.717) is 5.75 Å². The zero-order valence-corrected chi connectivity index (χ0v) is 23.3. The van der Waals surface area contributed by atoms with Crippen LogP contribution in [0.15, 0.2) is 60.7 Å². The largest absolute Gasteiger partial charge is 0.514 e. The molecule has 0 spiro atoms. The normalized spacial score (nSPS) is 12.1. The number of ether oxygens (including phenoxy) is 2. The van der Waals surface area contributed by atoms with E-state index in [-0.39, 0.29) is 5.41 Å². The van der Waals surface area contributed by atoms with Crippen molar-refractivity contribution in [1.29, 1.82) is 0 Å². The third kappa shape index (κ3) is 6.59. The molecule has 1 heterocycles. The minimum atomic E-state index is -0.708. The molecule has 0 N–H and O–H groups in total. The number of fused-ring (bicyclic) bond motifs is 1. The molecule has 0 radical (unpaired) electrons. The van der Waals surface area contributed by atoms with Crippen LogP contribution in [0.3, 0.4) is 0 Å². The van der Waals surface area contributed by atoms with E-state index in [1.54, 1.807) is 6.07 Å². The Morgan fingerprint density at radius 3 is 2.19 bits per heavy atom. The first kappa shape index (κ1) is 26.5. The maximum absolute atomic E-state index is 12.3. The minimum absolute atomic E-state index is 0.130. The van der Waals surface area contributed by atoms with Crippen molar-refractivity contribution in [3.63, 3.8) is 0 Å². The van der Waals surface area contributed by atoms with Crippen LogP contribution < -0.4 is 4.74 Å². The number of nitrogens with zero attached hydrogens (tertiary/aromatic N) is 2. The lowest BCUT2D eigenvalue weighted by atomic mass is 9.92. The van der Waals surface area contributed by atoms with Crippen LogP contribution in [-0.2, 0) is 17.7 Å². The van der Waals surface area contributed by atoms with E-state index in [2.05, 4.69) is 75.6 Å². The molecule has 0 fully saturated rings. The molecule has 4 rings (SSSR count). The van der Waals surface area contributed by atoms with Crippen molar-refractivity contribution in [2.24, 2.45) is 5.41 Å². The molecule has 5 heteroatoms. The highest BCUT2D eigenvalue weighted by atomic mass is 16.7. The van der Waals surface area contributed by atoms with Crippen LogP contribution in [0.5, 0.6) is 5.75 Å². The molecule has 1 aromatic heterocycles. The fourth-order valence-corrected chi connectivity index (χ4v) is 4.34. The van der Waals surface area contributed by atoms with Gasteiger partial charge in [-0.1, -0.05) is 63.2 Å². The van der Waals surface area contributed by atoms with E-state index >= 15 is 0 Å². The molecule has 0 saturated heterocycles. The highest BCUT2D eigenvalue weighted by molar-refractivity contribution is 5.78. The number of carbonyl (C=O) groups excluding carboxylic acids is 1. The van der Waals surface area contributed by atoms with Crippen LogP contribution in [-0.4, -0.2) is 21.3 Å². The fourth-order valence-electron chi connectivity index (χ4n) is 4.34. The number of imidazole rings is 1. The van der Waals surface area contributed by atoms with Crippen molar-refractivity contribution in [3.8, 4) is 16.9 Å². The lowest BCUT2D eigenvalue weighted by Gasteiger charge is -2.19. The van der Waals surface area contributed by atoms with Gasteiger partial charge in [-0.05, 0) is 80.5 Å². The van der Waals surface area contributed by atoms with Crippen molar-refractivity contribution >= 4 is 17.2 Å². The zero-order valence-electron chi connectivity index (χ0n) is 23.3. The average molecular weight is 499 g/mol. The van der Waals surface area contributed by atoms with Gasteiger partial charge in [0.2, 0.25) is 0 Å². The fraction of sp³-hybridized carbons (Fsp3) is 0.375. The quantitative estimate of drug-likeness (QED) is 0.205. The van der Waals surface area contributed by atoms with Crippen molar-refractivity contribution < 1.29 is 14.3 Å². The maximum Gasteiger partial charge on any atom is 0.514 e. The Labute approximate surface area is 220 Å². The Morgan fingerprint density at radius 2 is 1.54 bits per heavy atom. The van der Waals surface area contributed by atoms with E-state index in [1.807, 2.05) is 39.0 Å². The molecule has 0 bridgehead atoms. The average Bonchev–Trinajstić information content (AvgIpc) is 3.08. The highest BCUT2D eigenvalue weighted by Crippen LogP contribution is 2.32. The number of aryl methyl sites for hydroxylation is 2. The van der Waals surface area contributed by atoms with Gasteiger partial charge in [0, 0.05) is 18.5 Å². The summed E-state index contributed by atoms with van der Waals surface area (Å²) >= 11 is 0. The van der Waals surface area contributed by atoms with Gasteiger partial charge in [-0.15, -0.1) is 0 Å². The van der Waals surface area contributed by atoms with Crippen LogP contribution in [0.25, 0.3) is 22.2 Å². The molecule has 5 nitrogen and oxygen atoms in total. The van der Waals surface area contributed by atoms with Crippen LogP contribution in [0, 0.1) is 19.3 Å². The lowest BCUT2D eigenvalue weighted by Crippen LogP contribution is -2.26. The summed E-state index contributed by atoms with van der Waals surface area (Å²) in [7, 11) is 0. The van der Waals surface area contributed by atoms with Crippen molar-refractivity contribution in [3.05, 3.63) is 83.2 Å². The summed E-state index contributed by atoms with van der Waals surface area (Å²) in [6.07, 6.45) is 0.188. The van der Waals surface area contributed by atoms with Crippen LogP contribution >= 0.6 is 0 Å². The van der Waals surface area contributed by atoms with Gasteiger partial charge >= 0.3 is 6.16 Å². The third-order valence-electron chi connectivity index (χ3n) is 6.21. The molecular weight excluding hydrogens is 460 g/mol. The number of hydrogen-bond acceptors (Lipinski definition) is 4. The first-order valence-electron chi connectivity index (χ1n) is 12.8. The van der Waals surface area contributed by atoms with Crippen LogP contribution in [0.4, 0.5) is 4.79 Å². The molecule has 194 valence electrons. The van der Waals surface area contributed by atoms with Gasteiger partial charge < -0.3 is 14.0 Å². The van der Waals surface area contributed by atoms with Gasteiger partial charge in [-0.25, -0.2) is 9.78 Å². The number of carbonyl (C=O) groups is 1. The molecule has 0 saturated carbocycles. The van der Waals surface area contributed by atoms with E-state index in [0.717, 1.165) is 35.4 Å². The van der Waals surface area contributed by atoms with E-state index < -0.39 is 11.8 Å². The van der Waals surface area contributed by atoms with E-state index in [4.69, 9.17) is 14.5 Å². The van der Waals surface area contributed by atoms with Gasteiger partial charge in [-0.3, -0.25) is 0 Å². The molecule has 0 atom stereocenters. The van der Waals surface area contributed by atoms with E-state index in [9.17, 15) is 4.79 Å². The van der Waals surface area contributed by atoms with Gasteiger partial charge in [0.25, 0.3) is 0 Å². The summed E-state index contributed by atoms with van der Waals surface area (Å²) in [5, 5.41) is 0.